The molecule has 1 saturated heterocycles. The van der Waals surface area contributed by atoms with Gasteiger partial charge < -0.3 is 10.1 Å². The fourth-order valence-electron chi connectivity index (χ4n) is 3.08. The monoisotopic (exact) mass is 456 g/mol. The molecule has 29 heavy (non-hydrogen) atoms. The lowest BCUT2D eigenvalue weighted by Gasteiger charge is -2.23. The van der Waals surface area contributed by atoms with Crippen LogP contribution in [0.2, 0.25) is 10.0 Å². The van der Waals surface area contributed by atoms with E-state index in [2.05, 4.69) is 5.32 Å². The van der Waals surface area contributed by atoms with Gasteiger partial charge in [0, 0.05) is 24.7 Å². The Kier molecular flexibility index (Phi) is 7.54. The maximum absolute atomic E-state index is 13.3. The average Bonchev–Trinajstić information content (AvgIpc) is 3.22. The van der Waals surface area contributed by atoms with Crippen LogP contribution in [-0.2, 0) is 26.1 Å². The summed E-state index contributed by atoms with van der Waals surface area (Å²) in [7, 11) is -4.06. The molecule has 0 radical (unpaired) electrons. The highest BCUT2D eigenvalue weighted by molar-refractivity contribution is 7.89. The smallest absolute Gasteiger partial charge is 0.245 e. The summed E-state index contributed by atoms with van der Waals surface area (Å²) in [4.78, 5) is 12.4. The first-order valence-corrected chi connectivity index (χ1v) is 11.4. The first-order valence-electron chi connectivity index (χ1n) is 9.23. The molecule has 0 unspecified atom stereocenters. The number of amides is 1. The summed E-state index contributed by atoms with van der Waals surface area (Å²) >= 11 is 12.1. The van der Waals surface area contributed by atoms with Crippen LogP contribution in [0.4, 0.5) is 0 Å². The Bertz CT molecular complexity index is 948. The fourth-order valence-corrected chi connectivity index (χ4v) is 5.20. The molecular formula is C20H22Cl2N2O4S. The van der Waals surface area contributed by atoms with Crippen molar-refractivity contribution in [3.63, 3.8) is 0 Å². The van der Waals surface area contributed by atoms with E-state index in [9.17, 15) is 13.2 Å². The molecule has 6 nitrogen and oxygen atoms in total. The molecule has 0 aromatic heterocycles. The molecule has 9 heteroatoms. The standard InChI is InChI=1S/C20H22Cl2N2O4S/c21-16-8-9-18(22)19(11-16)29(26,27)24(13-15-5-2-1-3-6-15)14-20(25)23-12-17-7-4-10-28-17/h1-3,5-6,8-9,11,17H,4,7,10,12-14H2,(H,23,25)/t17-/m1/s1. The minimum absolute atomic E-state index is 0.0271. The van der Waals surface area contributed by atoms with Crippen LogP contribution < -0.4 is 5.32 Å². The third-order valence-electron chi connectivity index (χ3n) is 4.58. The lowest BCUT2D eigenvalue weighted by molar-refractivity contribution is -0.121. The van der Waals surface area contributed by atoms with E-state index in [1.165, 1.54) is 18.2 Å². The number of hydrogen-bond acceptors (Lipinski definition) is 4. The third kappa shape index (κ3) is 5.93. The normalized spacial score (nSPS) is 16.9. The maximum atomic E-state index is 13.3. The highest BCUT2D eigenvalue weighted by Gasteiger charge is 2.29. The van der Waals surface area contributed by atoms with Gasteiger partial charge >= 0.3 is 0 Å². The summed E-state index contributed by atoms with van der Waals surface area (Å²) in [6.07, 6.45) is 1.81. The van der Waals surface area contributed by atoms with Gasteiger partial charge in [0.25, 0.3) is 0 Å². The molecule has 1 aliphatic rings. The number of halogens is 2. The summed E-state index contributed by atoms with van der Waals surface area (Å²) in [5.74, 6) is -0.404. The van der Waals surface area contributed by atoms with Gasteiger partial charge in [0.1, 0.15) is 4.90 Å². The Morgan fingerprint density at radius 2 is 1.93 bits per heavy atom. The minimum Gasteiger partial charge on any atom is -0.376 e. The van der Waals surface area contributed by atoms with Crippen molar-refractivity contribution in [3.8, 4) is 0 Å². The molecule has 0 spiro atoms. The lowest BCUT2D eigenvalue weighted by Crippen LogP contribution is -2.42. The van der Waals surface area contributed by atoms with Crippen LogP contribution >= 0.6 is 23.2 Å². The highest BCUT2D eigenvalue weighted by Crippen LogP contribution is 2.28. The second-order valence-corrected chi connectivity index (χ2v) is 9.52. The number of sulfonamides is 1. The molecule has 2 aromatic carbocycles. The van der Waals surface area contributed by atoms with Crippen molar-refractivity contribution >= 4 is 39.1 Å². The molecule has 1 heterocycles. The van der Waals surface area contributed by atoms with Crippen molar-refractivity contribution in [3.05, 3.63) is 64.1 Å². The number of carbonyl (C=O) groups is 1. The summed E-state index contributed by atoms with van der Waals surface area (Å²) in [5, 5.41) is 3.06. The Labute approximate surface area is 180 Å². The van der Waals surface area contributed by atoms with Gasteiger partial charge in [-0.25, -0.2) is 8.42 Å². The van der Waals surface area contributed by atoms with Crippen LogP contribution in [0.3, 0.4) is 0 Å². The SMILES string of the molecule is O=C(CN(Cc1ccccc1)S(=O)(=O)c1cc(Cl)ccc1Cl)NC[C@H]1CCCO1. The van der Waals surface area contributed by atoms with E-state index in [1.807, 2.05) is 18.2 Å². The minimum atomic E-state index is -4.06. The van der Waals surface area contributed by atoms with E-state index in [0.717, 1.165) is 22.7 Å². The van der Waals surface area contributed by atoms with E-state index in [4.69, 9.17) is 27.9 Å². The molecule has 0 saturated carbocycles. The first kappa shape index (κ1) is 22.1. The van der Waals surface area contributed by atoms with Gasteiger partial charge in [-0.05, 0) is 36.6 Å². The molecule has 1 fully saturated rings. The van der Waals surface area contributed by atoms with Gasteiger partial charge in [0.15, 0.2) is 0 Å². The fraction of sp³-hybridized carbons (Fsp3) is 0.350. The number of ether oxygens (including phenoxy) is 1. The van der Waals surface area contributed by atoms with Crippen LogP contribution in [-0.4, -0.2) is 44.4 Å². The average molecular weight is 457 g/mol. The molecule has 2 aromatic rings. The van der Waals surface area contributed by atoms with Gasteiger partial charge in [-0.15, -0.1) is 0 Å². The quantitative estimate of drug-likeness (QED) is 0.659. The van der Waals surface area contributed by atoms with E-state index >= 15 is 0 Å². The van der Waals surface area contributed by atoms with E-state index in [-0.39, 0.29) is 34.1 Å². The van der Waals surface area contributed by atoms with E-state index in [0.29, 0.717) is 13.2 Å². The summed E-state index contributed by atoms with van der Waals surface area (Å²) in [5.41, 5.74) is 0.751. The van der Waals surface area contributed by atoms with Crippen molar-refractivity contribution in [2.75, 3.05) is 19.7 Å². The number of carbonyl (C=O) groups excluding carboxylic acids is 1. The van der Waals surface area contributed by atoms with Crippen molar-refractivity contribution in [2.24, 2.45) is 0 Å². The first-order chi connectivity index (χ1) is 13.9. The molecule has 1 N–H and O–H groups in total. The maximum Gasteiger partial charge on any atom is 0.245 e. The summed E-state index contributed by atoms with van der Waals surface area (Å²) < 4.78 is 33.2. The highest BCUT2D eigenvalue weighted by atomic mass is 35.5. The summed E-state index contributed by atoms with van der Waals surface area (Å²) in [6, 6.07) is 13.3. The number of nitrogens with zero attached hydrogens (tertiary/aromatic N) is 1. The zero-order valence-electron chi connectivity index (χ0n) is 15.7. The zero-order valence-corrected chi connectivity index (χ0v) is 18.0. The third-order valence-corrected chi connectivity index (χ3v) is 7.09. The molecule has 0 aliphatic carbocycles. The van der Waals surface area contributed by atoms with E-state index < -0.39 is 15.9 Å². The Balaban J connectivity index is 1.81. The molecule has 1 aliphatic heterocycles. The van der Waals surface area contributed by atoms with Gasteiger partial charge in [-0.2, -0.15) is 4.31 Å². The van der Waals surface area contributed by atoms with E-state index in [1.54, 1.807) is 12.1 Å². The molecule has 1 atom stereocenters. The molecule has 3 rings (SSSR count). The van der Waals surface area contributed by atoms with Crippen LogP contribution in [0.15, 0.2) is 53.4 Å². The van der Waals surface area contributed by atoms with Gasteiger partial charge in [0.05, 0.1) is 17.7 Å². The van der Waals surface area contributed by atoms with Crippen molar-refractivity contribution in [2.45, 2.75) is 30.4 Å². The lowest BCUT2D eigenvalue weighted by atomic mass is 10.2. The van der Waals surface area contributed by atoms with Crippen LogP contribution in [0, 0.1) is 0 Å². The predicted octanol–water partition coefficient (Wildman–Crippen LogP) is 3.48. The second kappa shape index (κ2) is 9.91. The molecule has 156 valence electrons. The van der Waals surface area contributed by atoms with Gasteiger partial charge in [0.2, 0.25) is 15.9 Å². The number of benzene rings is 2. The molecular weight excluding hydrogens is 435 g/mol. The van der Waals surface area contributed by atoms with Crippen LogP contribution in [0.25, 0.3) is 0 Å². The Morgan fingerprint density at radius 3 is 2.62 bits per heavy atom. The van der Waals surface area contributed by atoms with Crippen molar-refractivity contribution in [1.82, 2.24) is 9.62 Å². The van der Waals surface area contributed by atoms with Crippen LogP contribution in [0.1, 0.15) is 18.4 Å². The van der Waals surface area contributed by atoms with Crippen LogP contribution in [0.5, 0.6) is 0 Å². The molecule has 0 bridgehead atoms. The second-order valence-electron chi connectivity index (χ2n) is 6.77. The summed E-state index contributed by atoms with van der Waals surface area (Å²) in [6.45, 7) is 0.727. The van der Waals surface area contributed by atoms with Gasteiger partial charge in [-0.1, -0.05) is 53.5 Å². The van der Waals surface area contributed by atoms with Gasteiger partial charge in [-0.3, -0.25) is 4.79 Å². The topological polar surface area (TPSA) is 75.7 Å². The van der Waals surface area contributed by atoms with Crippen molar-refractivity contribution < 1.29 is 17.9 Å². The zero-order chi connectivity index (χ0) is 20.9. The Morgan fingerprint density at radius 1 is 1.17 bits per heavy atom. The Hall–Kier alpha value is -1.64. The molecule has 1 amide bonds. The number of nitrogens with one attached hydrogen (secondary N) is 1. The number of rotatable bonds is 8. The predicted molar refractivity (Wildman–Crippen MR) is 112 cm³/mol. The van der Waals surface area contributed by atoms with Crippen molar-refractivity contribution in [1.29, 1.82) is 0 Å². The number of hydrogen-bond donors (Lipinski definition) is 1. The largest absolute Gasteiger partial charge is 0.376 e.